The largest absolute Gasteiger partial charge is 0.300 e. The van der Waals surface area contributed by atoms with Gasteiger partial charge in [0.2, 0.25) is 0 Å². The summed E-state index contributed by atoms with van der Waals surface area (Å²) in [5, 5.41) is 0. The molecular weight excluding hydrogens is 215 g/mol. The highest BCUT2D eigenvalue weighted by molar-refractivity contribution is 5.79. The fraction of sp³-hybridized carbons (Fsp3) is 0.133. The molecule has 2 aromatic rings. The van der Waals surface area contributed by atoms with Crippen molar-refractivity contribution in [3.63, 3.8) is 0 Å². The van der Waals surface area contributed by atoms with E-state index in [-0.39, 0.29) is 11.6 Å². The number of carbonyl (C=O) groups is 1. The van der Waals surface area contributed by atoms with E-state index in [1.54, 1.807) is 12.1 Å². The molecule has 0 amide bonds. The Hall–Kier alpha value is -1.96. The summed E-state index contributed by atoms with van der Waals surface area (Å²) < 4.78 is 13.7. The average molecular weight is 228 g/mol. The molecule has 0 aromatic heterocycles. The van der Waals surface area contributed by atoms with Crippen LogP contribution in [0.3, 0.4) is 0 Å². The third-order valence-electron chi connectivity index (χ3n) is 2.57. The lowest BCUT2D eigenvalue weighted by Crippen LogP contribution is -1.97. The summed E-state index contributed by atoms with van der Waals surface area (Å²) in [6.45, 7) is 1.53. The summed E-state index contributed by atoms with van der Waals surface area (Å²) in [4.78, 5) is 11.1. The van der Waals surface area contributed by atoms with Crippen LogP contribution in [0.5, 0.6) is 0 Å². The Morgan fingerprint density at radius 3 is 2.47 bits per heavy atom. The Balaban J connectivity index is 2.43. The molecular formula is C15H13FO. The molecule has 17 heavy (non-hydrogen) atoms. The Labute approximate surface area is 99.9 Å². The van der Waals surface area contributed by atoms with Crippen molar-refractivity contribution < 1.29 is 9.18 Å². The van der Waals surface area contributed by atoms with Gasteiger partial charge in [-0.25, -0.2) is 4.39 Å². The van der Waals surface area contributed by atoms with Crippen LogP contribution in [0.4, 0.5) is 4.39 Å². The van der Waals surface area contributed by atoms with Crippen molar-refractivity contribution in [1.82, 2.24) is 0 Å². The highest BCUT2D eigenvalue weighted by Crippen LogP contribution is 2.23. The smallest absolute Gasteiger partial charge is 0.134 e. The van der Waals surface area contributed by atoms with Gasteiger partial charge in [-0.3, -0.25) is 4.79 Å². The first-order valence-corrected chi connectivity index (χ1v) is 5.50. The molecule has 2 rings (SSSR count). The first-order chi connectivity index (χ1) is 8.16. The second-order valence-electron chi connectivity index (χ2n) is 4.06. The van der Waals surface area contributed by atoms with E-state index in [2.05, 4.69) is 0 Å². The SMILES string of the molecule is CC(=O)Cc1ccc(F)c(-c2ccccc2)c1. The Morgan fingerprint density at radius 2 is 1.82 bits per heavy atom. The van der Waals surface area contributed by atoms with Crippen LogP contribution in [0.2, 0.25) is 0 Å². The van der Waals surface area contributed by atoms with Gasteiger partial charge in [-0.15, -0.1) is 0 Å². The first kappa shape index (κ1) is 11.5. The van der Waals surface area contributed by atoms with E-state index in [1.807, 2.05) is 30.3 Å². The highest BCUT2D eigenvalue weighted by atomic mass is 19.1. The van der Waals surface area contributed by atoms with E-state index >= 15 is 0 Å². The monoisotopic (exact) mass is 228 g/mol. The molecule has 2 aromatic carbocycles. The Kier molecular flexibility index (Phi) is 3.33. The van der Waals surface area contributed by atoms with E-state index in [9.17, 15) is 9.18 Å². The highest BCUT2D eigenvalue weighted by Gasteiger charge is 2.06. The first-order valence-electron chi connectivity index (χ1n) is 5.50. The number of carbonyl (C=O) groups excluding carboxylic acids is 1. The average Bonchev–Trinajstić information content (AvgIpc) is 2.32. The van der Waals surface area contributed by atoms with Crippen LogP contribution in [0, 0.1) is 5.82 Å². The van der Waals surface area contributed by atoms with Crippen molar-refractivity contribution in [2.75, 3.05) is 0 Å². The summed E-state index contributed by atoms with van der Waals surface area (Å²) in [6.07, 6.45) is 0.347. The summed E-state index contributed by atoms with van der Waals surface area (Å²) in [5.41, 5.74) is 2.22. The van der Waals surface area contributed by atoms with Gasteiger partial charge in [0.25, 0.3) is 0 Å². The maximum absolute atomic E-state index is 13.7. The van der Waals surface area contributed by atoms with E-state index in [0.717, 1.165) is 11.1 Å². The van der Waals surface area contributed by atoms with Gasteiger partial charge in [0.05, 0.1) is 0 Å². The fourth-order valence-electron chi connectivity index (χ4n) is 1.81. The van der Waals surface area contributed by atoms with Gasteiger partial charge in [0.15, 0.2) is 0 Å². The molecule has 0 unspecified atom stereocenters. The molecule has 0 radical (unpaired) electrons. The fourth-order valence-corrected chi connectivity index (χ4v) is 1.81. The topological polar surface area (TPSA) is 17.1 Å². The number of Topliss-reactive ketones (excluding diaryl/α,β-unsaturated/α-hetero) is 1. The summed E-state index contributed by atoms with van der Waals surface area (Å²) >= 11 is 0. The van der Waals surface area contributed by atoms with E-state index in [4.69, 9.17) is 0 Å². The van der Waals surface area contributed by atoms with Crippen molar-refractivity contribution in [2.45, 2.75) is 13.3 Å². The van der Waals surface area contributed by atoms with Crippen LogP contribution in [-0.4, -0.2) is 5.78 Å². The molecule has 0 saturated carbocycles. The minimum Gasteiger partial charge on any atom is -0.300 e. The molecule has 0 aliphatic heterocycles. The second-order valence-corrected chi connectivity index (χ2v) is 4.06. The molecule has 0 fully saturated rings. The molecule has 0 aliphatic rings. The van der Waals surface area contributed by atoms with Crippen molar-refractivity contribution in [3.8, 4) is 11.1 Å². The van der Waals surface area contributed by atoms with Crippen LogP contribution in [0.15, 0.2) is 48.5 Å². The van der Waals surface area contributed by atoms with Gasteiger partial charge in [-0.1, -0.05) is 36.4 Å². The summed E-state index contributed by atoms with van der Waals surface area (Å²) in [6, 6.07) is 14.2. The number of ketones is 1. The molecule has 0 saturated heterocycles. The maximum atomic E-state index is 13.7. The molecule has 0 N–H and O–H groups in total. The summed E-state index contributed by atoms with van der Waals surface area (Å²) in [5.74, 6) is -0.181. The molecule has 0 atom stereocenters. The quantitative estimate of drug-likeness (QED) is 0.784. The number of halogens is 1. The van der Waals surface area contributed by atoms with Gasteiger partial charge in [-0.05, 0) is 30.2 Å². The van der Waals surface area contributed by atoms with Gasteiger partial charge in [0, 0.05) is 12.0 Å². The van der Waals surface area contributed by atoms with Gasteiger partial charge >= 0.3 is 0 Å². The lowest BCUT2D eigenvalue weighted by atomic mass is 10.0. The minimum absolute atomic E-state index is 0.0793. The van der Waals surface area contributed by atoms with E-state index in [0.29, 0.717) is 12.0 Å². The Bertz CT molecular complexity index is 532. The normalized spacial score (nSPS) is 10.2. The number of hydrogen-bond acceptors (Lipinski definition) is 1. The third-order valence-corrected chi connectivity index (χ3v) is 2.57. The molecule has 0 spiro atoms. The molecule has 2 heteroatoms. The van der Waals surface area contributed by atoms with Crippen molar-refractivity contribution in [3.05, 3.63) is 59.9 Å². The van der Waals surface area contributed by atoms with Crippen LogP contribution >= 0.6 is 0 Å². The van der Waals surface area contributed by atoms with Crippen LogP contribution in [-0.2, 0) is 11.2 Å². The maximum Gasteiger partial charge on any atom is 0.134 e. The molecule has 0 aliphatic carbocycles. The predicted octanol–water partition coefficient (Wildman–Crippen LogP) is 3.62. The zero-order valence-corrected chi connectivity index (χ0v) is 9.61. The van der Waals surface area contributed by atoms with Crippen molar-refractivity contribution >= 4 is 5.78 Å². The zero-order chi connectivity index (χ0) is 12.3. The number of benzene rings is 2. The lowest BCUT2D eigenvalue weighted by Gasteiger charge is -2.06. The van der Waals surface area contributed by atoms with Crippen molar-refractivity contribution in [2.24, 2.45) is 0 Å². The number of hydrogen-bond donors (Lipinski definition) is 0. The second kappa shape index (κ2) is 4.91. The van der Waals surface area contributed by atoms with Gasteiger partial charge < -0.3 is 0 Å². The Morgan fingerprint density at radius 1 is 1.12 bits per heavy atom. The molecule has 1 nitrogen and oxygen atoms in total. The number of rotatable bonds is 3. The van der Waals surface area contributed by atoms with Gasteiger partial charge in [-0.2, -0.15) is 0 Å². The third kappa shape index (κ3) is 2.78. The van der Waals surface area contributed by atoms with E-state index in [1.165, 1.54) is 13.0 Å². The lowest BCUT2D eigenvalue weighted by molar-refractivity contribution is -0.116. The van der Waals surface area contributed by atoms with Gasteiger partial charge in [0.1, 0.15) is 11.6 Å². The molecule has 0 heterocycles. The minimum atomic E-state index is -0.261. The van der Waals surface area contributed by atoms with Crippen LogP contribution in [0.1, 0.15) is 12.5 Å². The van der Waals surface area contributed by atoms with Crippen molar-refractivity contribution in [1.29, 1.82) is 0 Å². The summed E-state index contributed by atoms with van der Waals surface area (Å²) in [7, 11) is 0. The van der Waals surface area contributed by atoms with Crippen LogP contribution in [0.25, 0.3) is 11.1 Å². The van der Waals surface area contributed by atoms with Crippen LogP contribution < -0.4 is 0 Å². The zero-order valence-electron chi connectivity index (χ0n) is 9.61. The standard InChI is InChI=1S/C15H13FO/c1-11(17)9-12-7-8-15(16)14(10-12)13-5-3-2-4-6-13/h2-8,10H,9H2,1H3. The van der Waals surface area contributed by atoms with E-state index < -0.39 is 0 Å². The predicted molar refractivity (Wildman–Crippen MR) is 66.2 cm³/mol. The molecule has 0 bridgehead atoms. The molecule has 86 valence electrons.